The number of nitrogens with zero attached hydrogens (tertiary/aromatic N) is 4. The Hall–Kier alpha value is -2.74. The number of hydrogen-bond acceptors (Lipinski definition) is 6. The Morgan fingerprint density at radius 1 is 1.15 bits per heavy atom. The monoisotopic (exact) mass is 414 g/mol. The van der Waals surface area contributed by atoms with Gasteiger partial charge in [0.1, 0.15) is 5.69 Å². The van der Waals surface area contributed by atoms with Gasteiger partial charge in [-0.25, -0.2) is 4.98 Å². The van der Waals surface area contributed by atoms with Crippen molar-refractivity contribution in [3.05, 3.63) is 51.0 Å². The van der Waals surface area contributed by atoms with Crippen LogP contribution in [0, 0.1) is 6.92 Å². The van der Waals surface area contributed by atoms with Crippen LogP contribution in [-0.2, 0) is 0 Å². The van der Waals surface area contributed by atoms with Crippen molar-refractivity contribution in [2.75, 3.05) is 0 Å². The lowest BCUT2D eigenvalue weighted by molar-refractivity contribution is 0.414. The van der Waals surface area contributed by atoms with E-state index >= 15 is 0 Å². The van der Waals surface area contributed by atoms with Gasteiger partial charge in [-0.15, -0.1) is 0 Å². The molecule has 0 aliphatic carbocycles. The Balaban J connectivity index is 1.82. The number of furan rings is 1. The number of halogens is 1. The van der Waals surface area contributed by atoms with Crippen LogP contribution in [-0.4, -0.2) is 19.7 Å². The summed E-state index contributed by atoms with van der Waals surface area (Å²) in [6, 6.07) is 9.10. The highest BCUT2D eigenvalue weighted by Gasteiger charge is 2.16. The summed E-state index contributed by atoms with van der Waals surface area (Å²) in [6.45, 7) is 5.66. The Kier molecular flexibility index (Phi) is 3.99. The predicted octanol–water partition coefficient (Wildman–Crippen LogP) is 4.36. The second kappa shape index (κ2) is 6.21. The van der Waals surface area contributed by atoms with Gasteiger partial charge >= 0.3 is 0 Å². The summed E-state index contributed by atoms with van der Waals surface area (Å²) < 4.78 is 13.0. The maximum Gasteiger partial charge on any atom is 0.293 e. The number of rotatable bonds is 3. The topological polar surface area (TPSA) is 86.9 Å². The molecule has 1 aromatic carbocycles. The summed E-state index contributed by atoms with van der Waals surface area (Å²) in [6.07, 6.45) is 0. The third-order valence-corrected chi connectivity index (χ3v) is 4.46. The molecule has 0 aliphatic rings. The van der Waals surface area contributed by atoms with Crippen molar-refractivity contribution in [1.29, 1.82) is 0 Å². The molecule has 8 heteroatoms. The lowest BCUT2D eigenvalue weighted by atomic mass is 10.1. The van der Waals surface area contributed by atoms with E-state index in [1.165, 1.54) is 0 Å². The van der Waals surface area contributed by atoms with Gasteiger partial charge in [0.05, 0.1) is 11.0 Å². The molecule has 3 heterocycles. The number of aryl methyl sites for hydroxylation is 1. The molecule has 7 nitrogen and oxygen atoms in total. The fourth-order valence-electron chi connectivity index (χ4n) is 2.85. The van der Waals surface area contributed by atoms with Crippen molar-refractivity contribution in [2.24, 2.45) is 0 Å². The van der Waals surface area contributed by atoms with Gasteiger partial charge in [-0.05, 0) is 67.0 Å². The van der Waals surface area contributed by atoms with Gasteiger partial charge in [-0.2, -0.15) is 4.98 Å². The quantitative estimate of drug-likeness (QED) is 0.494. The standard InChI is InChI=1S/C18H15BrN4O3/c1-9(2)23-13-5-4-11(8-12(13)20-10(3)18(23)24)16-21-17(26-22-16)14-6-7-15(19)25-14/h4-9H,1-3H3. The molecule has 0 atom stereocenters. The molecule has 26 heavy (non-hydrogen) atoms. The van der Waals surface area contributed by atoms with E-state index in [1.54, 1.807) is 23.6 Å². The largest absolute Gasteiger partial charge is 0.444 e. The maximum atomic E-state index is 12.4. The third kappa shape index (κ3) is 2.76. The van der Waals surface area contributed by atoms with Gasteiger partial charge in [0.2, 0.25) is 5.82 Å². The van der Waals surface area contributed by atoms with Crippen molar-refractivity contribution in [1.82, 2.24) is 19.7 Å². The SMILES string of the molecule is Cc1nc2cc(-c3noc(-c4ccc(Br)o4)n3)ccc2n(C(C)C)c1=O. The lowest BCUT2D eigenvalue weighted by Crippen LogP contribution is -2.25. The molecule has 0 bridgehead atoms. The van der Waals surface area contributed by atoms with Gasteiger partial charge in [0.25, 0.3) is 11.4 Å². The van der Waals surface area contributed by atoms with Gasteiger partial charge < -0.3 is 13.5 Å². The zero-order valence-corrected chi connectivity index (χ0v) is 15.9. The first-order valence-electron chi connectivity index (χ1n) is 8.06. The molecule has 0 saturated carbocycles. The average Bonchev–Trinajstić information content (AvgIpc) is 3.24. The van der Waals surface area contributed by atoms with Gasteiger partial charge in [-0.1, -0.05) is 5.16 Å². The molecule has 4 rings (SSSR count). The molecular weight excluding hydrogens is 400 g/mol. The summed E-state index contributed by atoms with van der Waals surface area (Å²) in [5, 5.41) is 4.02. The van der Waals surface area contributed by atoms with Crippen LogP contribution in [0.15, 0.2) is 48.7 Å². The molecule has 0 unspecified atom stereocenters. The fraction of sp³-hybridized carbons (Fsp3) is 0.222. The van der Waals surface area contributed by atoms with Crippen LogP contribution >= 0.6 is 15.9 Å². The summed E-state index contributed by atoms with van der Waals surface area (Å²) in [7, 11) is 0. The van der Waals surface area contributed by atoms with Crippen LogP contribution in [0.1, 0.15) is 25.6 Å². The van der Waals surface area contributed by atoms with Crippen molar-refractivity contribution in [2.45, 2.75) is 26.8 Å². The molecule has 0 amide bonds. The minimum atomic E-state index is -0.0782. The van der Waals surface area contributed by atoms with Crippen LogP contribution in [0.2, 0.25) is 0 Å². The van der Waals surface area contributed by atoms with Crippen LogP contribution in [0.4, 0.5) is 0 Å². The van der Waals surface area contributed by atoms with Gasteiger partial charge in [-0.3, -0.25) is 4.79 Å². The summed E-state index contributed by atoms with van der Waals surface area (Å²) >= 11 is 3.25. The summed E-state index contributed by atoms with van der Waals surface area (Å²) in [5.41, 5.74) is 2.61. The molecule has 0 N–H and O–H groups in total. The van der Waals surface area contributed by atoms with Crippen molar-refractivity contribution in [3.8, 4) is 23.0 Å². The second-order valence-corrected chi connectivity index (χ2v) is 6.98. The minimum absolute atomic E-state index is 0.0340. The van der Waals surface area contributed by atoms with Crippen LogP contribution < -0.4 is 5.56 Å². The van der Waals surface area contributed by atoms with E-state index in [1.807, 2.05) is 32.0 Å². The molecular formula is C18H15BrN4O3. The summed E-state index contributed by atoms with van der Waals surface area (Å²) in [4.78, 5) is 21.2. The van der Waals surface area contributed by atoms with E-state index in [2.05, 4.69) is 31.1 Å². The zero-order chi connectivity index (χ0) is 18.4. The van der Waals surface area contributed by atoms with Crippen LogP contribution in [0.5, 0.6) is 0 Å². The predicted molar refractivity (Wildman–Crippen MR) is 99.8 cm³/mol. The van der Waals surface area contributed by atoms with Crippen LogP contribution in [0.25, 0.3) is 34.1 Å². The number of benzene rings is 1. The van der Waals surface area contributed by atoms with Crippen molar-refractivity contribution < 1.29 is 8.94 Å². The molecule has 0 aliphatic heterocycles. The average molecular weight is 415 g/mol. The molecule has 0 radical (unpaired) electrons. The minimum Gasteiger partial charge on any atom is -0.444 e. The Bertz CT molecular complexity index is 1170. The normalized spacial score (nSPS) is 11.6. The first-order chi connectivity index (χ1) is 12.4. The highest BCUT2D eigenvalue weighted by atomic mass is 79.9. The van der Waals surface area contributed by atoms with Gasteiger partial charge in [0, 0.05) is 11.6 Å². The third-order valence-electron chi connectivity index (χ3n) is 4.04. The molecule has 4 aromatic rings. The van der Waals surface area contributed by atoms with E-state index < -0.39 is 0 Å². The zero-order valence-electron chi connectivity index (χ0n) is 14.4. The second-order valence-electron chi connectivity index (χ2n) is 6.20. The first-order valence-corrected chi connectivity index (χ1v) is 8.86. The molecule has 3 aromatic heterocycles. The number of aromatic nitrogens is 4. The van der Waals surface area contributed by atoms with Crippen LogP contribution in [0.3, 0.4) is 0 Å². The first kappa shape index (κ1) is 16.7. The molecule has 0 fully saturated rings. The van der Waals surface area contributed by atoms with Crippen molar-refractivity contribution >= 4 is 27.0 Å². The lowest BCUT2D eigenvalue weighted by Gasteiger charge is -2.14. The van der Waals surface area contributed by atoms with Gasteiger partial charge in [0.15, 0.2) is 10.4 Å². The molecule has 132 valence electrons. The van der Waals surface area contributed by atoms with Crippen molar-refractivity contribution in [3.63, 3.8) is 0 Å². The smallest absolute Gasteiger partial charge is 0.293 e. The highest BCUT2D eigenvalue weighted by Crippen LogP contribution is 2.27. The van der Waals surface area contributed by atoms with E-state index in [0.29, 0.717) is 33.4 Å². The Labute approximate surface area is 156 Å². The maximum absolute atomic E-state index is 12.4. The number of hydrogen-bond donors (Lipinski definition) is 0. The van der Waals surface area contributed by atoms with E-state index in [4.69, 9.17) is 8.94 Å². The fourth-order valence-corrected chi connectivity index (χ4v) is 3.16. The molecule has 0 spiro atoms. The number of fused-ring (bicyclic) bond motifs is 1. The molecule has 0 saturated heterocycles. The van der Waals surface area contributed by atoms with E-state index in [9.17, 15) is 4.79 Å². The summed E-state index contributed by atoms with van der Waals surface area (Å²) in [5.74, 6) is 1.21. The van der Waals surface area contributed by atoms with E-state index in [0.717, 1.165) is 11.1 Å². The highest BCUT2D eigenvalue weighted by molar-refractivity contribution is 9.10. The Morgan fingerprint density at radius 3 is 2.65 bits per heavy atom. The van der Waals surface area contributed by atoms with E-state index in [-0.39, 0.29) is 11.6 Å². The Morgan fingerprint density at radius 2 is 1.96 bits per heavy atom.